The Kier molecular flexibility index (Phi) is 5.81. The summed E-state index contributed by atoms with van der Waals surface area (Å²) in [5.74, 6) is 0.256. The van der Waals surface area contributed by atoms with Crippen molar-refractivity contribution in [2.45, 2.75) is 25.8 Å². The van der Waals surface area contributed by atoms with Crippen molar-refractivity contribution in [1.29, 1.82) is 0 Å². The van der Waals surface area contributed by atoms with E-state index in [4.69, 9.17) is 0 Å². The molecule has 0 spiro atoms. The zero-order chi connectivity index (χ0) is 16.9. The van der Waals surface area contributed by atoms with Crippen molar-refractivity contribution < 1.29 is 9.18 Å². The van der Waals surface area contributed by atoms with E-state index < -0.39 is 0 Å². The van der Waals surface area contributed by atoms with E-state index in [1.807, 2.05) is 11.0 Å². The van der Waals surface area contributed by atoms with Crippen LogP contribution in [0.3, 0.4) is 0 Å². The zero-order valence-electron chi connectivity index (χ0n) is 14.2. The van der Waals surface area contributed by atoms with E-state index in [0.717, 1.165) is 39.0 Å². The van der Waals surface area contributed by atoms with Crippen molar-refractivity contribution in [3.8, 4) is 0 Å². The maximum absolute atomic E-state index is 14.1. The minimum Gasteiger partial charge on any atom is -0.342 e. The van der Waals surface area contributed by atoms with Crippen molar-refractivity contribution >= 4 is 5.91 Å². The number of halogens is 1. The lowest BCUT2D eigenvalue weighted by atomic mass is 9.91. The molecule has 0 aliphatic carbocycles. The van der Waals surface area contributed by atoms with Gasteiger partial charge in [-0.1, -0.05) is 25.1 Å². The predicted octanol–water partition coefficient (Wildman–Crippen LogP) is 1.44. The first-order valence-electron chi connectivity index (χ1n) is 8.93. The molecule has 0 saturated carbocycles. The number of benzene rings is 1. The van der Waals surface area contributed by atoms with Crippen LogP contribution in [0.4, 0.5) is 4.39 Å². The Labute approximate surface area is 143 Å². The Morgan fingerprint density at radius 1 is 1.33 bits per heavy atom. The minimum atomic E-state index is -0.307. The van der Waals surface area contributed by atoms with Gasteiger partial charge in [-0.25, -0.2) is 9.82 Å². The minimum absolute atomic E-state index is 0.127. The monoisotopic (exact) mass is 334 g/mol. The van der Waals surface area contributed by atoms with Crippen molar-refractivity contribution in [2.24, 2.45) is 11.8 Å². The fourth-order valence-corrected chi connectivity index (χ4v) is 3.69. The average Bonchev–Trinajstić information content (AvgIpc) is 3.09. The molecule has 2 saturated heterocycles. The third-order valence-electron chi connectivity index (χ3n) is 5.15. The largest absolute Gasteiger partial charge is 0.342 e. The highest BCUT2D eigenvalue weighted by atomic mass is 19.1. The molecular weight excluding hydrogens is 307 g/mol. The number of hydrazine groups is 1. The molecule has 24 heavy (non-hydrogen) atoms. The molecule has 0 bridgehead atoms. The normalized spacial score (nSPS) is 25.2. The Bertz CT molecular complexity index is 560. The summed E-state index contributed by atoms with van der Waals surface area (Å²) in [6.45, 7) is 6.27. The summed E-state index contributed by atoms with van der Waals surface area (Å²) in [7, 11) is 0. The number of carbonyl (C=O) groups excluding carboxylic acids is 1. The van der Waals surface area contributed by atoms with Crippen LogP contribution in [0, 0.1) is 17.7 Å². The second-order valence-corrected chi connectivity index (χ2v) is 6.71. The van der Waals surface area contributed by atoms with E-state index in [1.165, 1.54) is 6.07 Å². The van der Waals surface area contributed by atoms with Crippen molar-refractivity contribution in [1.82, 2.24) is 21.1 Å². The number of piperidine rings is 1. The van der Waals surface area contributed by atoms with Gasteiger partial charge in [0, 0.05) is 25.2 Å². The van der Waals surface area contributed by atoms with Gasteiger partial charge in [0.25, 0.3) is 0 Å². The van der Waals surface area contributed by atoms with E-state index in [2.05, 4.69) is 23.1 Å². The number of carbonyl (C=O) groups is 1. The van der Waals surface area contributed by atoms with Gasteiger partial charge in [-0.05, 0) is 37.9 Å². The smallest absolute Gasteiger partial charge is 0.229 e. The second kappa shape index (κ2) is 8.05. The lowest BCUT2D eigenvalue weighted by Crippen LogP contribution is -2.45. The number of hydrogen-bond donors (Lipinski definition) is 3. The van der Waals surface area contributed by atoms with Crippen LogP contribution >= 0.6 is 0 Å². The Balaban J connectivity index is 1.61. The van der Waals surface area contributed by atoms with Gasteiger partial charge in [0.2, 0.25) is 5.91 Å². The number of likely N-dealkylation sites (tertiary alicyclic amines) is 1. The second-order valence-electron chi connectivity index (χ2n) is 6.71. The van der Waals surface area contributed by atoms with Gasteiger partial charge in [0.15, 0.2) is 0 Å². The van der Waals surface area contributed by atoms with Gasteiger partial charge in [-0.2, -0.15) is 0 Å². The SMILES string of the molecule is CCNCC1CCN(C(=O)C2CNNC2c2ccccc2F)CC1. The molecule has 1 amide bonds. The number of hydrogen-bond acceptors (Lipinski definition) is 4. The molecule has 6 heteroatoms. The molecule has 0 aromatic heterocycles. The van der Waals surface area contributed by atoms with E-state index in [-0.39, 0.29) is 23.7 Å². The van der Waals surface area contributed by atoms with Crippen molar-refractivity contribution in [3.05, 3.63) is 35.6 Å². The van der Waals surface area contributed by atoms with Crippen LogP contribution in [0.15, 0.2) is 24.3 Å². The highest BCUT2D eigenvalue weighted by Crippen LogP contribution is 2.29. The number of amides is 1. The zero-order valence-corrected chi connectivity index (χ0v) is 14.2. The Morgan fingerprint density at radius 2 is 2.08 bits per heavy atom. The summed E-state index contributed by atoms with van der Waals surface area (Å²) in [5.41, 5.74) is 6.66. The fraction of sp³-hybridized carbons (Fsp3) is 0.611. The average molecular weight is 334 g/mol. The molecule has 2 aliphatic heterocycles. The van der Waals surface area contributed by atoms with Gasteiger partial charge in [-0.15, -0.1) is 0 Å². The molecule has 1 aromatic rings. The predicted molar refractivity (Wildman–Crippen MR) is 91.6 cm³/mol. The highest BCUT2D eigenvalue weighted by Gasteiger charge is 2.38. The Hall–Kier alpha value is -1.50. The molecule has 132 valence electrons. The summed E-state index contributed by atoms with van der Waals surface area (Å²) in [6, 6.07) is 6.38. The van der Waals surface area contributed by atoms with Gasteiger partial charge < -0.3 is 10.2 Å². The van der Waals surface area contributed by atoms with Crippen LogP contribution in [0.2, 0.25) is 0 Å². The third-order valence-corrected chi connectivity index (χ3v) is 5.15. The maximum atomic E-state index is 14.1. The van der Waals surface area contributed by atoms with Gasteiger partial charge in [0.1, 0.15) is 5.82 Å². The molecule has 2 aliphatic rings. The lowest BCUT2D eigenvalue weighted by Gasteiger charge is -2.34. The van der Waals surface area contributed by atoms with Crippen LogP contribution in [0.25, 0.3) is 0 Å². The molecule has 2 heterocycles. The third kappa shape index (κ3) is 3.77. The molecule has 2 atom stereocenters. The van der Waals surface area contributed by atoms with Crippen LogP contribution < -0.4 is 16.2 Å². The van der Waals surface area contributed by atoms with Crippen molar-refractivity contribution in [3.63, 3.8) is 0 Å². The summed E-state index contributed by atoms with van der Waals surface area (Å²) >= 11 is 0. The molecule has 3 N–H and O–H groups in total. The highest BCUT2D eigenvalue weighted by molar-refractivity contribution is 5.80. The van der Waals surface area contributed by atoms with Gasteiger partial charge in [-0.3, -0.25) is 10.2 Å². The number of rotatable bonds is 5. The topological polar surface area (TPSA) is 56.4 Å². The number of nitrogens with zero attached hydrogens (tertiary/aromatic N) is 1. The molecule has 1 aromatic carbocycles. The first-order valence-corrected chi connectivity index (χ1v) is 8.93. The van der Waals surface area contributed by atoms with E-state index in [9.17, 15) is 9.18 Å². The van der Waals surface area contributed by atoms with Crippen LogP contribution in [0.1, 0.15) is 31.4 Å². The van der Waals surface area contributed by atoms with E-state index in [1.54, 1.807) is 12.1 Å². The molecular formula is C18H27FN4O. The molecule has 2 unspecified atom stereocenters. The molecule has 5 nitrogen and oxygen atoms in total. The first kappa shape index (κ1) is 17.3. The van der Waals surface area contributed by atoms with E-state index >= 15 is 0 Å². The quantitative estimate of drug-likeness (QED) is 0.763. The summed E-state index contributed by atoms with van der Waals surface area (Å²) in [6.07, 6.45) is 2.08. The standard InChI is InChI=1S/C18H27FN4O/c1-2-20-11-13-7-9-23(10-8-13)18(24)15-12-21-22-17(15)14-5-3-4-6-16(14)19/h3-6,13,15,17,20-22H,2,7-12H2,1H3. The van der Waals surface area contributed by atoms with Crippen LogP contribution in [-0.2, 0) is 4.79 Å². The fourth-order valence-electron chi connectivity index (χ4n) is 3.69. The Morgan fingerprint density at radius 3 is 2.79 bits per heavy atom. The summed E-state index contributed by atoms with van der Waals surface area (Å²) in [4.78, 5) is 14.9. The van der Waals surface area contributed by atoms with Crippen LogP contribution in [0.5, 0.6) is 0 Å². The first-order chi connectivity index (χ1) is 11.7. The van der Waals surface area contributed by atoms with E-state index in [0.29, 0.717) is 18.0 Å². The van der Waals surface area contributed by atoms with Gasteiger partial charge in [0.05, 0.1) is 12.0 Å². The van der Waals surface area contributed by atoms with Crippen LogP contribution in [-0.4, -0.2) is 43.5 Å². The summed E-state index contributed by atoms with van der Waals surface area (Å²) < 4.78 is 14.1. The molecule has 0 radical (unpaired) electrons. The maximum Gasteiger partial charge on any atom is 0.229 e. The number of nitrogens with one attached hydrogen (secondary N) is 3. The molecule has 3 rings (SSSR count). The summed E-state index contributed by atoms with van der Waals surface area (Å²) in [5, 5.41) is 3.39. The lowest BCUT2D eigenvalue weighted by molar-refractivity contribution is -0.136. The van der Waals surface area contributed by atoms with Crippen molar-refractivity contribution in [2.75, 3.05) is 32.7 Å². The van der Waals surface area contributed by atoms with Gasteiger partial charge >= 0.3 is 0 Å². The molecule has 2 fully saturated rings.